The normalized spacial score (nSPS) is 14.5. The predicted octanol–water partition coefficient (Wildman–Crippen LogP) is 2.66. The molecule has 0 atom stereocenters. The average molecular weight is 396 g/mol. The largest absolute Gasteiger partial charge is 0.483 e. The number of carbonyl (C=O) groups is 1. The van der Waals surface area contributed by atoms with Crippen LogP contribution in [0.25, 0.3) is 0 Å². The fourth-order valence-corrected chi connectivity index (χ4v) is 2.22. The first-order valence-electron chi connectivity index (χ1n) is 5.02. The van der Waals surface area contributed by atoms with Crippen molar-refractivity contribution in [2.45, 2.75) is 6.42 Å². The summed E-state index contributed by atoms with van der Waals surface area (Å²) in [5.74, 6) is 0.825. The van der Waals surface area contributed by atoms with Gasteiger partial charge in [0.15, 0.2) is 6.61 Å². The second-order valence-electron chi connectivity index (χ2n) is 3.60. The van der Waals surface area contributed by atoms with Gasteiger partial charge in [-0.15, -0.1) is 0 Å². The molecule has 0 N–H and O–H groups in total. The van der Waals surface area contributed by atoms with Gasteiger partial charge in [0.25, 0.3) is 5.91 Å². The van der Waals surface area contributed by atoms with Gasteiger partial charge in [-0.3, -0.25) is 4.79 Å². The van der Waals surface area contributed by atoms with Gasteiger partial charge < -0.3 is 9.64 Å². The summed E-state index contributed by atoms with van der Waals surface area (Å²) in [6, 6.07) is 5.78. The summed E-state index contributed by atoms with van der Waals surface area (Å²) in [5, 5.41) is 0. The first kappa shape index (κ1) is 12.2. The van der Waals surface area contributed by atoms with Gasteiger partial charge >= 0.3 is 0 Å². The number of benzene rings is 1. The number of hydrogen-bond donors (Lipinski definition) is 0. The third-order valence-corrected chi connectivity index (χ3v) is 3.84. The van der Waals surface area contributed by atoms with Crippen LogP contribution in [0.5, 0.6) is 5.75 Å². The summed E-state index contributed by atoms with van der Waals surface area (Å²) in [7, 11) is 0. The van der Waals surface area contributed by atoms with Crippen molar-refractivity contribution in [3.8, 4) is 5.75 Å². The zero-order chi connectivity index (χ0) is 11.5. The SMILES string of the molecule is O=C(COc1cc(Br)ccc1I)N1CCC1. The van der Waals surface area contributed by atoms with Crippen LogP contribution in [0, 0.1) is 3.57 Å². The van der Waals surface area contributed by atoms with E-state index in [9.17, 15) is 4.79 Å². The van der Waals surface area contributed by atoms with Crippen LogP contribution < -0.4 is 4.74 Å². The number of rotatable bonds is 3. The maximum Gasteiger partial charge on any atom is 0.260 e. The van der Waals surface area contributed by atoms with Crippen molar-refractivity contribution in [3.05, 3.63) is 26.2 Å². The second-order valence-corrected chi connectivity index (χ2v) is 5.68. The molecule has 0 spiro atoms. The molecule has 1 aromatic rings. The number of likely N-dealkylation sites (tertiary alicyclic amines) is 1. The van der Waals surface area contributed by atoms with E-state index in [1.165, 1.54) is 0 Å². The number of nitrogens with zero attached hydrogens (tertiary/aromatic N) is 1. The van der Waals surface area contributed by atoms with Crippen LogP contribution in [0.15, 0.2) is 22.7 Å². The Hall–Kier alpha value is -0.300. The van der Waals surface area contributed by atoms with E-state index in [1.807, 2.05) is 23.1 Å². The Bertz CT molecular complexity index is 407. The molecule has 1 saturated heterocycles. The van der Waals surface area contributed by atoms with Crippen LogP contribution in [0.3, 0.4) is 0 Å². The van der Waals surface area contributed by atoms with Gasteiger partial charge in [-0.25, -0.2) is 0 Å². The Morgan fingerprint density at radius 2 is 2.25 bits per heavy atom. The summed E-state index contributed by atoms with van der Waals surface area (Å²) in [5.41, 5.74) is 0. The Morgan fingerprint density at radius 1 is 1.50 bits per heavy atom. The molecular formula is C11H11BrINO2. The maximum absolute atomic E-state index is 11.6. The van der Waals surface area contributed by atoms with Gasteiger partial charge in [0.1, 0.15) is 5.75 Å². The van der Waals surface area contributed by atoms with Crippen molar-refractivity contribution < 1.29 is 9.53 Å². The Morgan fingerprint density at radius 3 is 2.88 bits per heavy atom. The van der Waals surface area contributed by atoms with Crippen molar-refractivity contribution in [2.75, 3.05) is 19.7 Å². The van der Waals surface area contributed by atoms with E-state index in [4.69, 9.17) is 4.74 Å². The minimum atomic E-state index is 0.0713. The van der Waals surface area contributed by atoms with Crippen LogP contribution in [0.4, 0.5) is 0 Å². The molecule has 5 heteroatoms. The van der Waals surface area contributed by atoms with Gasteiger partial charge in [0.2, 0.25) is 0 Å². The van der Waals surface area contributed by atoms with Gasteiger partial charge in [-0.05, 0) is 47.2 Å². The van der Waals surface area contributed by atoms with Gasteiger partial charge in [0.05, 0.1) is 3.57 Å². The van der Waals surface area contributed by atoms with Gasteiger partial charge in [-0.2, -0.15) is 0 Å². The molecule has 0 radical (unpaired) electrons. The van der Waals surface area contributed by atoms with E-state index in [0.29, 0.717) is 0 Å². The summed E-state index contributed by atoms with van der Waals surface area (Å²) in [4.78, 5) is 13.4. The number of hydrogen-bond acceptors (Lipinski definition) is 2. The van der Waals surface area contributed by atoms with Crippen molar-refractivity contribution in [2.24, 2.45) is 0 Å². The Labute approximate surface area is 116 Å². The predicted molar refractivity (Wildman–Crippen MR) is 73.6 cm³/mol. The lowest BCUT2D eigenvalue weighted by Crippen LogP contribution is -2.44. The summed E-state index contributed by atoms with van der Waals surface area (Å²) < 4.78 is 7.48. The molecule has 86 valence electrons. The van der Waals surface area contributed by atoms with Crippen LogP contribution in [-0.2, 0) is 4.79 Å². The zero-order valence-corrected chi connectivity index (χ0v) is 12.3. The average Bonchev–Trinajstić information content (AvgIpc) is 2.17. The minimum absolute atomic E-state index is 0.0713. The van der Waals surface area contributed by atoms with Crippen molar-refractivity contribution in [3.63, 3.8) is 0 Å². The molecule has 16 heavy (non-hydrogen) atoms. The molecule has 0 unspecified atom stereocenters. The van der Waals surface area contributed by atoms with E-state index in [0.717, 1.165) is 33.3 Å². The van der Waals surface area contributed by atoms with E-state index in [2.05, 4.69) is 38.5 Å². The Balaban J connectivity index is 1.93. The molecule has 1 amide bonds. The zero-order valence-electron chi connectivity index (χ0n) is 8.58. The number of halogens is 2. The highest BCUT2D eigenvalue weighted by Gasteiger charge is 2.20. The molecule has 1 aliphatic heterocycles. The molecule has 0 aliphatic carbocycles. The summed E-state index contributed by atoms with van der Waals surface area (Å²) in [6.07, 6.45) is 1.11. The molecule has 0 saturated carbocycles. The Kier molecular flexibility index (Phi) is 4.07. The fraction of sp³-hybridized carbons (Fsp3) is 0.364. The quantitative estimate of drug-likeness (QED) is 0.736. The highest BCUT2D eigenvalue weighted by atomic mass is 127. The molecule has 2 rings (SSSR count). The topological polar surface area (TPSA) is 29.5 Å². The molecule has 1 heterocycles. The van der Waals surface area contributed by atoms with Crippen molar-refractivity contribution in [1.82, 2.24) is 4.90 Å². The summed E-state index contributed by atoms with van der Waals surface area (Å²) in [6.45, 7) is 1.88. The molecular weight excluding hydrogens is 385 g/mol. The van der Waals surface area contributed by atoms with Crippen molar-refractivity contribution >= 4 is 44.4 Å². The first-order valence-corrected chi connectivity index (χ1v) is 6.89. The van der Waals surface area contributed by atoms with Crippen LogP contribution in [0.1, 0.15) is 6.42 Å². The highest BCUT2D eigenvalue weighted by molar-refractivity contribution is 14.1. The minimum Gasteiger partial charge on any atom is -0.483 e. The van der Waals surface area contributed by atoms with Crippen molar-refractivity contribution in [1.29, 1.82) is 0 Å². The molecule has 0 aromatic heterocycles. The smallest absolute Gasteiger partial charge is 0.260 e. The third-order valence-electron chi connectivity index (χ3n) is 2.45. The number of ether oxygens (including phenoxy) is 1. The standard InChI is InChI=1S/C11H11BrINO2/c12-8-2-3-9(13)10(6-8)16-7-11(15)14-4-1-5-14/h2-3,6H,1,4-5,7H2. The molecule has 1 fully saturated rings. The lowest BCUT2D eigenvalue weighted by Gasteiger charge is -2.30. The highest BCUT2D eigenvalue weighted by Crippen LogP contribution is 2.25. The van der Waals surface area contributed by atoms with E-state index in [1.54, 1.807) is 0 Å². The molecule has 1 aliphatic rings. The van der Waals surface area contributed by atoms with E-state index in [-0.39, 0.29) is 12.5 Å². The van der Waals surface area contributed by atoms with E-state index >= 15 is 0 Å². The number of carbonyl (C=O) groups excluding carboxylic acids is 1. The van der Waals surface area contributed by atoms with Gasteiger partial charge in [0, 0.05) is 17.6 Å². The van der Waals surface area contributed by atoms with Crippen LogP contribution in [-0.4, -0.2) is 30.5 Å². The third kappa shape index (κ3) is 2.88. The molecule has 0 bridgehead atoms. The lowest BCUT2D eigenvalue weighted by atomic mass is 10.2. The monoisotopic (exact) mass is 395 g/mol. The number of amides is 1. The molecule has 1 aromatic carbocycles. The second kappa shape index (κ2) is 5.35. The van der Waals surface area contributed by atoms with Gasteiger partial charge in [-0.1, -0.05) is 15.9 Å². The van der Waals surface area contributed by atoms with E-state index < -0.39 is 0 Å². The fourth-order valence-electron chi connectivity index (χ4n) is 1.38. The lowest BCUT2D eigenvalue weighted by molar-refractivity contribution is -0.136. The maximum atomic E-state index is 11.6. The molecule has 3 nitrogen and oxygen atoms in total. The van der Waals surface area contributed by atoms with Crippen LogP contribution in [0.2, 0.25) is 0 Å². The summed E-state index contributed by atoms with van der Waals surface area (Å²) >= 11 is 5.57. The first-order chi connectivity index (χ1) is 7.66. The van der Waals surface area contributed by atoms with Crippen LogP contribution >= 0.6 is 38.5 Å².